The van der Waals surface area contributed by atoms with Crippen LogP contribution in [0.1, 0.15) is 12.8 Å². The van der Waals surface area contributed by atoms with Gasteiger partial charge in [-0.15, -0.1) is 12.4 Å². The van der Waals surface area contributed by atoms with Gasteiger partial charge in [0.15, 0.2) is 0 Å². The van der Waals surface area contributed by atoms with Crippen LogP contribution in [0.15, 0.2) is 0 Å². The van der Waals surface area contributed by atoms with Crippen molar-refractivity contribution in [2.45, 2.75) is 18.9 Å². The van der Waals surface area contributed by atoms with Gasteiger partial charge in [-0.25, -0.2) is 4.79 Å². The van der Waals surface area contributed by atoms with Crippen molar-refractivity contribution in [1.29, 1.82) is 0 Å². The number of carbonyl (C=O) groups is 1. The van der Waals surface area contributed by atoms with Crippen LogP contribution in [-0.2, 0) is 0 Å². The van der Waals surface area contributed by atoms with Crippen LogP contribution in [0.3, 0.4) is 0 Å². The zero-order valence-corrected chi connectivity index (χ0v) is 10.9. The number of amides is 2. The molecule has 0 bridgehead atoms. The van der Waals surface area contributed by atoms with Crippen LogP contribution in [0.25, 0.3) is 0 Å². The molecule has 2 amide bonds. The highest BCUT2D eigenvalue weighted by atomic mass is 35.5. The van der Waals surface area contributed by atoms with Gasteiger partial charge in [0.1, 0.15) is 0 Å². The van der Waals surface area contributed by atoms with Crippen molar-refractivity contribution in [3.63, 3.8) is 0 Å². The van der Waals surface area contributed by atoms with Gasteiger partial charge in [-0.3, -0.25) is 0 Å². The molecule has 0 aromatic heterocycles. The lowest BCUT2D eigenvalue weighted by Gasteiger charge is -2.36. The molecule has 1 aliphatic heterocycles. The first-order valence-electron chi connectivity index (χ1n) is 5.15. The van der Waals surface area contributed by atoms with Gasteiger partial charge in [0.2, 0.25) is 0 Å². The summed E-state index contributed by atoms with van der Waals surface area (Å²) in [5.41, 5.74) is 0. The largest absolute Gasteiger partial charge is 0.331 e. The van der Waals surface area contributed by atoms with Crippen molar-refractivity contribution >= 4 is 18.4 Å². The third kappa shape index (κ3) is 3.87. The quantitative estimate of drug-likeness (QED) is 0.681. The molecule has 5 heteroatoms. The summed E-state index contributed by atoms with van der Waals surface area (Å²) < 4.78 is 0. The molecule has 15 heavy (non-hydrogen) atoms. The third-order valence-electron chi connectivity index (χ3n) is 2.92. The molecule has 1 fully saturated rings. The molecule has 1 rings (SSSR count). The molecule has 1 saturated heterocycles. The Kier molecular flexibility index (Phi) is 5.98. The Morgan fingerprint density at radius 3 is 2.07 bits per heavy atom. The summed E-state index contributed by atoms with van der Waals surface area (Å²) in [6.45, 7) is 2.19. The Bertz CT molecular complexity index is 203. The maximum atomic E-state index is 11.7. The van der Waals surface area contributed by atoms with Gasteiger partial charge in [0.05, 0.1) is 0 Å². The minimum absolute atomic E-state index is 0. The van der Waals surface area contributed by atoms with E-state index in [1.165, 1.54) is 0 Å². The van der Waals surface area contributed by atoms with E-state index < -0.39 is 0 Å². The number of rotatable bonds is 1. The molecular weight excluding hydrogens is 214 g/mol. The average Bonchev–Trinajstić information content (AvgIpc) is 2.16. The first-order valence-corrected chi connectivity index (χ1v) is 5.15. The molecule has 0 spiro atoms. The number of halogens is 1. The summed E-state index contributed by atoms with van der Waals surface area (Å²) in [7, 11) is 7.63. The molecule has 4 nitrogen and oxygen atoms in total. The Morgan fingerprint density at radius 2 is 1.67 bits per heavy atom. The highest BCUT2D eigenvalue weighted by Crippen LogP contribution is 2.14. The maximum absolute atomic E-state index is 11.7. The lowest BCUT2D eigenvalue weighted by molar-refractivity contribution is 0.131. The Labute approximate surface area is 98.6 Å². The van der Waals surface area contributed by atoms with Crippen molar-refractivity contribution in [1.82, 2.24) is 14.7 Å². The van der Waals surface area contributed by atoms with E-state index in [4.69, 9.17) is 0 Å². The number of piperidine rings is 1. The predicted octanol–water partition coefficient (Wildman–Crippen LogP) is 1.12. The third-order valence-corrected chi connectivity index (χ3v) is 2.92. The van der Waals surface area contributed by atoms with Gasteiger partial charge >= 0.3 is 6.03 Å². The smallest absolute Gasteiger partial charge is 0.319 e. The molecule has 1 heterocycles. The first kappa shape index (κ1) is 14.5. The molecular formula is C10H22ClN3O. The summed E-state index contributed by atoms with van der Waals surface area (Å²) in [6.07, 6.45) is 2.18. The summed E-state index contributed by atoms with van der Waals surface area (Å²) in [5.74, 6) is 0. The van der Waals surface area contributed by atoms with Gasteiger partial charge in [-0.1, -0.05) is 0 Å². The summed E-state index contributed by atoms with van der Waals surface area (Å²) in [5, 5.41) is 0. The molecule has 0 aromatic carbocycles. The lowest BCUT2D eigenvalue weighted by Crippen LogP contribution is -2.47. The second kappa shape index (κ2) is 6.18. The summed E-state index contributed by atoms with van der Waals surface area (Å²) in [6, 6.07) is 0.528. The number of nitrogens with zero attached hydrogens (tertiary/aromatic N) is 3. The summed E-state index contributed by atoms with van der Waals surface area (Å²) in [4.78, 5) is 17.5. The molecule has 0 aromatic rings. The lowest BCUT2D eigenvalue weighted by atomic mass is 10.0. The fourth-order valence-corrected chi connectivity index (χ4v) is 1.85. The van der Waals surface area contributed by atoms with Gasteiger partial charge in [0.25, 0.3) is 0 Å². The maximum Gasteiger partial charge on any atom is 0.319 e. The van der Waals surface area contributed by atoms with Gasteiger partial charge in [-0.05, 0) is 33.0 Å². The SMILES string of the molecule is CN1CCC(N(C)C(=O)N(C)C)CC1.Cl. The zero-order chi connectivity index (χ0) is 10.7. The Balaban J connectivity index is 0.00000196. The van der Waals surface area contributed by atoms with Crippen molar-refractivity contribution in [3.05, 3.63) is 0 Å². The van der Waals surface area contributed by atoms with Crippen LogP contribution < -0.4 is 0 Å². The van der Waals surface area contributed by atoms with E-state index in [9.17, 15) is 4.79 Å². The van der Waals surface area contributed by atoms with Crippen LogP contribution in [-0.4, -0.2) is 68.1 Å². The molecule has 90 valence electrons. The van der Waals surface area contributed by atoms with Gasteiger partial charge in [-0.2, -0.15) is 0 Å². The van der Waals surface area contributed by atoms with Crippen molar-refractivity contribution < 1.29 is 4.79 Å². The van der Waals surface area contributed by atoms with E-state index in [-0.39, 0.29) is 18.4 Å². The summed E-state index contributed by atoms with van der Waals surface area (Å²) >= 11 is 0. The Morgan fingerprint density at radius 1 is 1.20 bits per heavy atom. The average molecular weight is 236 g/mol. The minimum atomic E-state index is 0. The van der Waals surface area contributed by atoms with E-state index in [0.29, 0.717) is 6.04 Å². The number of hydrogen-bond donors (Lipinski definition) is 0. The number of carbonyl (C=O) groups excluding carboxylic acids is 1. The van der Waals surface area contributed by atoms with Crippen LogP contribution >= 0.6 is 12.4 Å². The van der Waals surface area contributed by atoms with Crippen molar-refractivity contribution in [3.8, 4) is 0 Å². The van der Waals surface area contributed by atoms with E-state index in [1.807, 2.05) is 11.9 Å². The molecule has 0 N–H and O–H groups in total. The van der Waals surface area contributed by atoms with E-state index >= 15 is 0 Å². The zero-order valence-electron chi connectivity index (χ0n) is 10.1. The minimum Gasteiger partial charge on any atom is -0.331 e. The standard InChI is InChI=1S/C10H21N3O.ClH/c1-11(2)10(14)13(4)9-5-7-12(3)8-6-9;/h9H,5-8H2,1-4H3;1H. The second-order valence-corrected chi connectivity index (χ2v) is 4.32. The second-order valence-electron chi connectivity index (χ2n) is 4.32. The molecule has 0 saturated carbocycles. The monoisotopic (exact) mass is 235 g/mol. The highest BCUT2D eigenvalue weighted by molar-refractivity contribution is 5.85. The first-order chi connectivity index (χ1) is 6.52. The van der Waals surface area contributed by atoms with Gasteiger partial charge < -0.3 is 14.7 Å². The molecule has 0 unspecified atom stereocenters. The fourth-order valence-electron chi connectivity index (χ4n) is 1.85. The number of urea groups is 1. The number of hydrogen-bond acceptors (Lipinski definition) is 2. The van der Waals surface area contributed by atoms with E-state index in [1.54, 1.807) is 19.0 Å². The highest BCUT2D eigenvalue weighted by Gasteiger charge is 2.24. The van der Waals surface area contributed by atoms with Crippen LogP contribution in [0.2, 0.25) is 0 Å². The normalized spacial score (nSPS) is 18.1. The van der Waals surface area contributed by atoms with E-state index in [2.05, 4.69) is 11.9 Å². The molecule has 0 atom stereocenters. The molecule has 1 aliphatic rings. The topological polar surface area (TPSA) is 26.8 Å². The fraction of sp³-hybridized carbons (Fsp3) is 0.900. The predicted molar refractivity (Wildman–Crippen MR) is 64.6 cm³/mol. The van der Waals surface area contributed by atoms with Gasteiger partial charge in [0, 0.05) is 27.2 Å². The van der Waals surface area contributed by atoms with Crippen LogP contribution in [0.5, 0.6) is 0 Å². The van der Waals surface area contributed by atoms with E-state index in [0.717, 1.165) is 25.9 Å². The van der Waals surface area contributed by atoms with Crippen molar-refractivity contribution in [2.24, 2.45) is 0 Å². The number of likely N-dealkylation sites (tertiary alicyclic amines) is 1. The van der Waals surface area contributed by atoms with Crippen LogP contribution in [0, 0.1) is 0 Å². The van der Waals surface area contributed by atoms with Crippen molar-refractivity contribution in [2.75, 3.05) is 41.3 Å². The molecule has 0 aliphatic carbocycles. The van der Waals surface area contributed by atoms with Crippen LogP contribution in [0.4, 0.5) is 4.79 Å². The Hall–Kier alpha value is -0.480. The molecule has 0 radical (unpaired) electrons.